The van der Waals surface area contributed by atoms with E-state index in [1.807, 2.05) is 0 Å². The maximum absolute atomic E-state index is 11.9. The maximum atomic E-state index is 11.9. The number of hydrogen-bond donors (Lipinski definition) is 2. The number of anilines is 2. The minimum absolute atomic E-state index is 0.173. The van der Waals surface area contributed by atoms with Gasteiger partial charge in [-0.25, -0.2) is 0 Å². The molecule has 112 valence electrons. The Balaban J connectivity index is 1.87. The average Bonchev–Trinajstić information content (AvgIpc) is 2.75. The van der Waals surface area contributed by atoms with Crippen LogP contribution in [0.5, 0.6) is 0 Å². The van der Waals surface area contributed by atoms with Gasteiger partial charge in [0.25, 0.3) is 0 Å². The molecule has 0 aliphatic heterocycles. The summed E-state index contributed by atoms with van der Waals surface area (Å²) in [5.41, 5.74) is 6.00. The molecular weight excluding hydrogens is 333 g/mol. The Morgan fingerprint density at radius 1 is 1.38 bits per heavy atom. The molecule has 0 fully saturated rings. The van der Waals surface area contributed by atoms with Crippen molar-refractivity contribution in [3.05, 3.63) is 28.2 Å². The Kier molecular flexibility index (Phi) is 5.33. The molecule has 0 atom stereocenters. The van der Waals surface area contributed by atoms with E-state index in [2.05, 4.69) is 15.5 Å². The van der Waals surface area contributed by atoms with E-state index in [0.29, 0.717) is 39.0 Å². The van der Waals surface area contributed by atoms with E-state index in [4.69, 9.17) is 28.9 Å². The van der Waals surface area contributed by atoms with E-state index < -0.39 is 0 Å². The summed E-state index contributed by atoms with van der Waals surface area (Å²) in [5, 5.41) is 11.8. The van der Waals surface area contributed by atoms with Gasteiger partial charge in [0.2, 0.25) is 11.9 Å². The van der Waals surface area contributed by atoms with Crippen LogP contribution in [0.15, 0.2) is 23.4 Å². The fourth-order valence-corrected chi connectivity index (χ4v) is 2.85. The lowest BCUT2D eigenvalue weighted by Crippen LogP contribution is -2.13. The summed E-state index contributed by atoms with van der Waals surface area (Å²) in [4.78, 5) is 11.9. The number of nitrogens with two attached hydrogens (primary N) is 1. The topological polar surface area (TPSA) is 85.8 Å². The van der Waals surface area contributed by atoms with E-state index in [0.717, 1.165) is 0 Å². The number of hydrogen-bond acceptors (Lipinski definition) is 5. The molecule has 0 saturated carbocycles. The summed E-state index contributed by atoms with van der Waals surface area (Å²) in [6.45, 7) is 0. The van der Waals surface area contributed by atoms with Crippen molar-refractivity contribution in [1.29, 1.82) is 0 Å². The third-order valence-corrected chi connectivity index (χ3v) is 4.31. The van der Waals surface area contributed by atoms with Gasteiger partial charge in [0.1, 0.15) is 0 Å². The molecule has 0 saturated heterocycles. The van der Waals surface area contributed by atoms with Crippen LogP contribution in [-0.2, 0) is 11.8 Å². The minimum Gasteiger partial charge on any atom is -0.368 e. The van der Waals surface area contributed by atoms with Gasteiger partial charge >= 0.3 is 0 Å². The molecule has 0 aliphatic rings. The summed E-state index contributed by atoms with van der Waals surface area (Å²) >= 11 is 13.4. The van der Waals surface area contributed by atoms with E-state index in [9.17, 15) is 4.79 Å². The van der Waals surface area contributed by atoms with Crippen LogP contribution in [0.25, 0.3) is 0 Å². The van der Waals surface area contributed by atoms with Crippen LogP contribution in [0.2, 0.25) is 10.0 Å². The fraction of sp³-hybridized carbons (Fsp3) is 0.250. The quantitative estimate of drug-likeness (QED) is 0.813. The fourth-order valence-electron chi connectivity index (χ4n) is 1.51. The highest BCUT2D eigenvalue weighted by Gasteiger charge is 2.11. The average molecular weight is 346 g/mol. The summed E-state index contributed by atoms with van der Waals surface area (Å²) < 4.78 is 1.66. The third kappa shape index (κ3) is 4.03. The molecule has 9 heteroatoms. The van der Waals surface area contributed by atoms with Crippen LogP contribution in [-0.4, -0.2) is 26.4 Å². The molecule has 1 aromatic heterocycles. The second-order valence-corrected chi connectivity index (χ2v) is 6.02. The summed E-state index contributed by atoms with van der Waals surface area (Å²) in [7, 11) is 1.77. The number of aromatic nitrogens is 3. The summed E-state index contributed by atoms with van der Waals surface area (Å²) in [6.07, 6.45) is 0.291. The summed E-state index contributed by atoms with van der Waals surface area (Å²) in [5.74, 6) is 0.706. The molecule has 6 nitrogen and oxygen atoms in total. The zero-order valence-corrected chi connectivity index (χ0v) is 13.5. The van der Waals surface area contributed by atoms with E-state index in [1.165, 1.54) is 11.8 Å². The molecule has 0 spiro atoms. The highest BCUT2D eigenvalue weighted by molar-refractivity contribution is 7.99. The van der Waals surface area contributed by atoms with Crippen molar-refractivity contribution < 1.29 is 4.79 Å². The lowest BCUT2D eigenvalue weighted by molar-refractivity contribution is -0.115. The first kappa shape index (κ1) is 15.9. The molecule has 0 unspecified atom stereocenters. The first-order valence-electron chi connectivity index (χ1n) is 6.00. The summed E-state index contributed by atoms with van der Waals surface area (Å²) in [6, 6.07) is 5.05. The molecule has 21 heavy (non-hydrogen) atoms. The van der Waals surface area contributed by atoms with Crippen molar-refractivity contribution in [2.24, 2.45) is 7.05 Å². The number of para-hydroxylation sites is 1. The number of amides is 1. The number of nitrogens with one attached hydrogen (secondary N) is 1. The van der Waals surface area contributed by atoms with Gasteiger partial charge in [-0.15, -0.1) is 10.2 Å². The van der Waals surface area contributed by atoms with Crippen LogP contribution in [0, 0.1) is 0 Å². The minimum atomic E-state index is -0.173. The Bertz CT molecular complexity index is 641. The highest BCUT2D eigenvalue weighted by atomic mass is 35.5. The Hall–Kier alpha value is -1.44. The molecule has 0 bridgehead atoms. The van der Waals surface area contributed by atoms with Gasteiger partial charge in [0.15, 0.2) is 5.16 Å². The Morgan fingerprint density at radius 2 is 2.05 bits per heavy atom. The normalized spacial score (nSPS) is 10.6. The number of benzene rings is 1. The number of carbonyl (C=O) groups excluding carboxylic acids is 1. The van der Waals surface area contributed by atoms with Gasteiger partial charge in [0, 0.05) is 19.2 Å². The van der Waals surface area contributed by atoms with Crippen LogP contribution < -0.4 is 11.1 Å². The lowest BCUT2D eigenvalue weighted by atomic mass is 10.3. The van der Waals surface area contributed by atoms with Crippen molar-refractivity contribution >= 4 is 52.5 Å². The zero-order valence-electron chi connectivity index (χ0n) is 11.1. The van der Waals surface area contributed by atoms with Crippen LogP contribution in [0.4, 0.5) is 11.6 Å². The predicted octanol–water partition coefficient (Wildman–Crippen LogP) is 2.83. The zero-order chi connectivity index (χ0) is 15.4. The van der Waals surface area contributed by atoms with Crippen molar-refractivity contribution in [1.82, 2.24) is 14.8 Å². The largest absolute Gasteiger partial charge is 0.368 e. The third-order valence-electron chi connectivity index (χ3n) is 2.66. The molecule has 1 heterocycles. The number of nitrogens with zero attached hydrogens (tertiary/aromatic N) is 3. The van der Waals surface area contributed by atoms with Gasteiger partial charge in [-0.2, -0.15) is 0 Å². The first-order valence-corrected chi connectivity index (χ1v) is 7.74. The van der Waals surface area contributed by atoms with Crippen LogP contribution >= 0.6 is 35.0 Å². The van der Waals surface area contributed by atoms with Crippen molar-refractivity contribution in [2.45, 2.75) is 11.6 Å². The van der Waals surface area contributed by atoms with Gasteiger partial charge in [-0.1, -0.05) is 41.0 Å². The van der Waals surface area contributed by atoms with Gasteiger partial charge in [0.05, 0.1) is 15.7 Å². The molecular formula is C12H13Cl2N5OS. The van der Waals surface area contributed by atoms with Crippen LogP contribution in [0.3, 0.4) is 0 Å². The van der Waals surface area contributed by atoms with Crippen molar-refractivity contribution in [2.75, 3.05) is 16.8 Å². The molecule has 1 aromatic carbocycles. The number of carbonyl (C=O) groups is 1. The molecule has 2 aromatic rings. The SMILES string of the molecule is Cn1c(N)nnc1SCCC(=O)Nc1c(Cl)cccc1Cl. The Morgan fingerprint density at radius 3 is 2.62 bits per heavy atom. The van der Waals surface area contributed by atoms with Crippen molar-refractivity contribution in [3.63, 3.8) is 0 Å². The van der Waals surface area contributed by atoms with Crippen LogP contribution in [0.1, 0.15) is 6.42 Å². The lowest BCUT2D eigenvalue weighted by Gasteiger charge is -2.08. The smallest absolute Gasteiger partial charge is 0.225 e. The molecule has 2 rings (SSSR count). The maximum Gasteiger partial charge on any atom is 0.225 e. The second kappa shape index (κ2) is 7.02. The van der Waals surface area contributed by atoms with E-state index >= 15 is 0 Å². The number of rotatable bonds is 5. The molecule has 3 N–H and O–H groups in total. The van der Waals surface area contributed by atoms with E-state index in [-0.39, 0.29) is 5.91 Å². The van der Waals surface area contributed by atoms with E-state index in [1.54, 1.807) is 29.8 Å². The number of thioether (sulfide) groups is 1. The van der Waals surface area contributed by atoms with Gasteiger partial charge in [-0.3, -0.25) is 9.36 Å². The Labute approximate surface area is 136 Å². The first-order chi connectivity index (χ1) is 9.99. The number of nitrogen functional groups attached to an aromatic ring is 1. The monoisotopic (exact) mass is 345 g/mol. The van der Waals surface area contributed by atoms with Gasteiger partial charge in [-0.05, 0) is 12.1 Å². The molecule has 0 radical (unpaired) electrons. The number of halogens is 2. The second-order valence-electron chi connectivity index (χ2n) is 4.14. The van der Waals surface area contributed by atoms with Crippen molar-refractivity contribution in [3.8, 4) is 0 Å². The predicted molar refractivity (Wildman–Crippen MR) is 85.8 cm³/mol. The van der Waals surface area contributed by atoms with Gasteiger partial charge < -0.3 is 11.1 Å². The standard InChI is InChI=1S/C12H13Cl2N5OS/c1-19-11(15)17-18-12(19)21-6-5-9(20)16-10-7(13)3-2-4-8(10)14/h2-4H,5-6H2,1H3,(H2,15,17)(H,16,20). The molecule has 1 amide bonds. The molecule has 0 aliphatic carbocycles. The highest BCUT2D eigenvalue weighted by Crippen LogP contribution is 2.30.